The van der Waals surface area contributed by atoms with Gasteiger partial charge in [-0.25, -0.2) is 13.5 Å². The molecule has 0 radical (unpaired) electrons. The highest BCUT2D eigenvalue weighted by Gasteiger charge is 2.21. The van der Waals surface area contributed by atoms with Gasteiger partial charge in [0.2, 0.25) is 5.95 Å². The Balaban J connectivity index is 2.00. The van der Waals surface area contributed by atoms with Crippen molar-refractivity contribution < 1.29 is 8.78 Å². The SMILES string of the molecule is CC(C)(C)n1ncc2c(=O)[nH]c(N[C@@H](CF)c3ccc(F)cc3)nc21. The number of fused-ring (bicyclic) bond motifs is 1. The Labute approximate surface area is 142 Å². The Kier molecular flexibility index (Phi) is 4.28. The Morgan fingerprint density at radius 1 is 1.28 bits per heavy atom. The number of aromatic nitrogens is 4. The molecule has 8 heteroatoms. The van der Waals surface area contributed by atoms with Gasteiger partial charge in [-0.2, -0.15) is 10.1 Å². The molecule has 0 saturated heterocycles. The predicted molar refractivity (Wildman–Crippen MR) is 91.9 cm³/mol. The van der Waals surface area contributed by atoms with Crippen LogP contribution in [0.2, 0.25) is 0 Å². The van der Waals surface area contributed by atoms with Crippen molar-refractivity contribution >= 4 is 17.0 Å². The van der Waals surface area contributed by atoms with E-state index in [1.807, 2.05) is 20.8 Å². The van der Waals surface area contributed by atoms with Crippen LogP contribution in [-0.4, -0.2) is 26.4 Å². The van der Waals surface area contributed by atoms with Crippen LogP contribution < -0.4 is 10.9 Å². The summed E-state index contributed by atoms with van der Waals surface area (Å²) in [4.78, 5) is 19.2. The summed E-state index contributed by atoms with van der Waals surface area (Å²) in [5, 5.41) is 7.45. The minimum atomic E-state index is -0.757. The molecule has 25 heavy (non-hydrogen) atoms. The minimum Gasteiger partial charge on any atom is -0.346 e. The van der Waals surface area contributed by atoms with Gasteiger partial charge in [0.15, 0.2) is 5.65 Å². The number of rotatable bonds is 4. The monoisotopic (exact) mass is 347 g/mol. The molecule has 0 amide bonds. The van der Waals surface area contributed by atoms with Gasteiger partial charge in [-0.05, 0) is 38.5 Å². The summed E-state index contributed by atoms with van der Waals surface area (Å²) in [6, 6.07) is 4.74. The molecular weight excluding hydrogens is 328 g/mol. The van der Waals surface area contributed by atoms with Crippen molar-refractivity contribution in [1.82, 2.24) is 19.7 Å². The zero-order valence-electron chi connectivity index (χ0n) is 14.2. The van der Waals surface area contributed by atoms with Crippen molar-refractivity contribution in [2.24, 2.45) is 0 Å². The smallest absolute Gasteiger partial charge is 0.263 e. The summed E-state index contributed by atoms with van der Waals surface area (Å²) in [5.41, 5.74) is 0.238. The molecule has 132 valence electrons. The molecule has 2 heterocycles. The predicted octanol–water partition coefficient (Wildman–Crippen LogP) is 3.14. The van der Waals surface area contributed by atoms with Crippen LogP contribution in [0.5, 0.6) is 0 Å². The number of hydrogen-bond donors (Lipinski definition) is 2. The second-order valence-corrected chi connectivity index (χ2v) is 6.78. The van der Waals surface area contributed by atoms with Gasteiger partial charge in [0.05, 0.1) is 17.8 Å². The fourth-order valence-corrected chi connectivity index (χ4v) is 2.55. The Morgan fingerprint density at radius 3 is 2.56 bits per heavy atom. The fourth-order valence-electron chi connectivity index (χ4n) is 2.55. The van der Waals surface area contributed by atoms with Crippen molar-refractivity contribution in [3.63, 3.8) is 0 Å². The molecule has 1 aromatic carbocycles. The van der Waals surface area contributed by atoms with E-state index in [-0.39, 0.29) is 17.0 Å². The first-order valence-electron chi connectivity index (χ1n) is 7.86. The Bertz CT molecular complexity index is 940. The summed E-state index contributed by atoms with van der Waals surface area (Å²) in [6.45, 7) is 5.08. The quantitative estimate of drug-likeness (QED) is 0.760. The van der Waals surface area contributed by atoms with E-state index in [4.69, 9.17) is 0 Å². The van der Waals surface area contributed by atoms with E-state index in [1.165, 1.54) is 30.5 Å². The zero-order chi connectivity index (χ0) is 18.2. The number of alkyl halides is 1. The summed E-state index contributed by atoms with van der Waals surface area (Å²) < 4.78 is 28.1. The molecule has 3 rings (SSSR count). The van der Waals surface area contributed by atoms with Gasteiger partial charge in [-0.3, -0.25) is 9.78 Å². The molecule has 0 spiro atoms. The van der Waals surface area contributed by atoms with Crippen LogP contribution in [0.4, 0.5) is 14.7 Å². The van der Waals surface area contributed by atoms with Gasteiger partial charge >= 0.3 is 0 Å². The maximum Gasteiger partial charge on any atom is 0.263 e. The lowest BCUT2D eigenvalue weighted by molar-refractivity contribution is 0.366. The molecule has 3 aromatic rings. The molecule has 0 fully saturated rings. The lowest BCUT2D eigenvalue weighted by Gasteiger charge is -2.20. The molecule has 0 unspecified atom stereocenters. The van der Waals surface area contributed by atoms with Crippen LogP contribution in [-0.2, 0) is 5.54 Å². The standard InChI is InChI=1S/C17H19F2N5O/c1-17(2,3)24-14-12(9-20-24)15(25)23-16(22-14)21-13(8-18)10-4-6-11(19)7-5-10/h4-7,9,13H,8H2,1-3H3,(H2,21,22,23,25)/t13-/m0/s1. The number of halogens is 2. The van der Waals surface area contributed by atoms with E-state index in [9.17, 15) is 13.6 Å². The van der Waals surface area contributed by atoms with E-state index < -0.39 is 18.5 Å². The number of benzene rings is 1. The van der Waals surface area contributed by atoms with Crippen LogP contribution in [0.3, 0.4) is 0 Å². The van der Waals surface area contributed by atoms with Crippen LogP contribution in [0.15, 0.2) is 35.3 Å². The maximum atomic E-state index is 13.5. The van der Waals surface area contributed by atoms with Crippen LogP contribution in [0, 0.1) is 5.82 Å². The van der Waals surface area contributed by atoms with Gasteiger partial charge in [0.1, 0.15) is 17.9 Å². The maximum absolute atomic E-state index is 13.5. The van der Waals surface area contributed by atoms with E-state index >= 15 is 0 Å². The van der Waals surface area contributed by atoms with Gasteiger partial charge in [0.25, 0.3) is 5.56 Å². The third kappa shape index (κ3) is 3.38. The number of aromatic amines is 1. The highest BCUT2D eigenvalue weighted by Crippen LogP contribution is 2.21. The molecule has 1 atom stereocenters. The zero-order valence-corrected chi connectivity index (χ0v) is 14.2. The lowest BCUT2D eigenvalue weighted by Crippen LogP contribution is -2.25. The summed E-state index contributed by atoms with van der Waals surface area (Å²) >= 11 is 0. The Hall–Kier alpha value is -2.77. The number of H-pyrrole nitrogens is 1. The van der Waals surface area contributed by atoms with Crippen molar-refractivity contribution in [2.45, 2.75) is 32.4 Å². The molecular formula is C17H19F2N5O. The van der Waals surface area contributed by atoms with E-state index in [2.05, 4.69) is 20.4 Å². The number of hydrogen-bond acceptors (Lipinski definition) is 4. The average Bonchev–Trinajstić information content (AvgIpc) is 2.98. The van der Waals surface area contributed by atoms with Crippen molar-refractivity contribution in [3.8, 4) is 0 Å². The summed E-state index contributed by atoms with van der Waals surface area (Å²) in [5.74, 6) is -0.265. The average molecular weight is 347 g/mol. The third-order valence-electron chi connectivity index (χ3n) is 3.81. The van der Waals surface area contributed by atoms with Gasteiger partial charge < -0.3 is 5.32 Å². The molecule has 0 aliphatic rings. The number of anilines is 1. The first-order chi connectivity index (χ1) is 11.8. The second kappa shape index (κ2) is 6.27. The molecule has 0 saturated carbocycles. The molecule has 0 bridgehead atoms. The van der Waals surface area contributed by atoms with Crippen LogP contribution >= 0.6 is 0 Å². The summed E-state index contributed by atoms with van der Waals surface area (Å²) in [7, 11) is 0. The fraction of sp³-hybridized carbons (Fsp3) is 0.353. The van der Waals surface area contributed by atoms with Gasteiger partial charge in [-0.1, -0.05) is 12.1 Å². The first-order valence-corrected chi connectivity index (χ1v) is 7.86. The van der Waals surface area contributed by atoms with Crippen LogP contribution in [0.25, 0.3) is 11.0 Å². The van der Waals surface area contributed by atoms with Crippen molar-refractivity contribution in [3.05, 3.63) is 52.2 Å². The normalized spacial score (nSPS) is 13.2. The van der Waals surface area contributed by atoms with Gasteiger partial charge in [0, 0.05) is 0 Å². The largest absolute Gasteiger partial charge is 0.346 e. The third-order valence-corrected chi connectivity index (χ3v) is 3.81. The minimum absolute atomic E-state index is 0.135. The lowest BCUT2D eigenvalue weighted by atomic mass is 10.1. The van der Waals surface area contributed by atoms with Gasteiger partial charge in [-0.15, -0.1) is 0 Å². The number of nitrogens with zero attached hydrogens (tertiary/aromatic N) is 3. The highest BCUT2D eigenvalue weighted by atomic mass is 19.1. The van der Waals surface area contributed by atoms with Crippen molar-refractivity contribution in [1.29, 1.82) is 0 Å². The van der Waals surface area contributed by atoms with Crippen molar-refractivity contribution in [2.75, 3.05) is 12.0 Å². The Morgan fingerprint density at radius 2 is 1.96 bits per heavy atom. The topological polar surface area (TPSA) is 75.6 Å². The van der Waals surface area contributed by atoms with E-state index in [0.29, 0.717) is 16.6 Å². The molecule has 0 aliphatic carbocycles. The van der Waals surface area contributed by atoms with E-state index in [1.54, 1.807) is 4.68 Å². The molecule has 0 aliphatic heterocycles. The second-order valence-electron chi connectivity index (χ2n) is 6.78. The highest BCUT2D eigenvalue weighted by molar-refractivity contribution is 5.74. The molecule has 6 nitrogen and oxygen atoms in total. The van der Waals surface area contributed by atoms with E-state index in [0.717, 1.165) is 0 Å². The molecule has 2 aromatic heterocycles. The number of nitrogens with one attached hydrogen (secondary N) is 2. The molecule has 2 N–H and O–H groups in total. The summed E-state index contributed by atoms with van der Waals surface area (Å²) in [6.07, 6.45) is 1.46. The first kappa shape index (κ1) is 17.1. The van der Waals surface area contributed by atoms with Crippen LogP contribution in [0.1, 0.15) is 32.4 Å².